The van der Waals surface area contributed by atoms with E-state index in [2.05, 4.69) is 26.1 Å². The van der Waals surface area contributed by atoms with Crippen molar-refractivity contribution in [2.45, 2.75) is 38.8 Å². The van der Waals surface area contributed by atoms with Gasteiger partial charge in [-0.05, 0) is 32.9 Å². The lowest BCUT2D eigenvalue weighted by Gasteiger charge is -2.20. The van der Waals surface area contributed by atoms with Gasteiger partial charge >= 0.3 is 0 Å². The largest absolute Gasteiger partial charge is 0.375 e. The predicted molar refractivity (Wildman–Crippen MR) is 59.4 cm³/mol. The zero-order valence-corrected chi connectivity index (χ0v) is 9.75. The van der Waals surface area contributed by atoms with Crippen LogP contribution in [0.25, 0.3) is 0 Å². The zero-order chi connectivity index (χ0) is 9.73. The van der Waals surface area contributed by atoms with Crippen LogP contribution in [0, 0.1) is 0 Å². The molecule has 3 heteroatoms. The highest BCUT2D eigenvalue weighted by Gasteiger charge is 2.14. The van der Waals surface area contributed by atoms with Gasteiger partial charge in [0.2, 0.25) is 0 Å². The van der Waals surface area contributed by atoms with E-state index in [0.29, 0.717) is 0 Å². The fourth-order valence-corrected chi connectivity index (χ4v) is 2.50. The van der Waals surface area contributed by atoms with Crippen molar-refractivity contribution in [2.75, 3.05) is 24.7 Å². The maximum atomic E-state index is 5.62. The molecule has 1 unspecified atom stereocenters. The van der Waals surface area contributed by atoms with Crippen LogP contribution < -0.4 is 5.32 Å². The lowest BCUT2D eigenvalue weighted by atomic mass is 10.2. The van der Waals surface area contributed by atoms with Crippen LogP contribution >= 0.6 is 11.8 Å². The van der Waals surface area contributed by atoms with Gasteiger partial charge in [-0.15, -0.1) is 0 Å². The van der Waals surface area contributed by atoms with Crippen LogP contribution in [-0.4, -0.2) is 36.3 Å². The molecule has 1 saturated heterocycles. The van der Waals surface area contributed by atoms with Crippen LogP contribution in [0.4, 0.5) is 0 Å². The monoisotopic (exact) mass is 203 g/mol. The van der Waals surface area contributed by atoms with Crippen molar-refractivity contribution in [2.24, 2.45) is 0 Å². The molecule has 1 heterocycles. The summed E-state index contributed by atoms with van der Waals surface area (Å²) < 4.78 is 5.62. The van der Waals surface area contributed by atoms with E-state index in [-0.39, 0.29) is 5.60 Å². The van der Waals surface area contributed by atoms with E-state index in [1.165, 1.54) is 17.9 Å². The highest BCUT2D eigenvalue weighted by Crippen LogP contribution is 2.16. The molecule has 1 N–H and O–H groups in total. The molecule has 0 spiro atoms. The van der Waals surface area contributed by atoms with E-state index >= 15 is 0 Å². The molecule has 0 saturated carbocycles. The van der Waals surface area contributed by atoms with Crippen molar-refractivity contribution < 1.29 is 4.74 Å². The van der Waals surface area contributed by atoms with Crippen molar-refractivity contribution in [1.29, 1.82) is 0 Å². The van der Waals surface area contributed by atoms with Crippen molar-refractivity contribution in [3.63, 3.8) is 0 Å². The molecule has 1 aliphatic rings. The Hall–Kier alpha value is 0.270. The molecule has 0 aromatic heterocycles. The predicted octanol–water partition coefficient (Wildman–Crippen LogP) is 1.90. The standard InChI is InChI=1S/C10H21NOS/c1-10(2,3)12-6-5-11-9-4-7-13-8-9/h9,11H,4-8H2,1-3H3. The van der Waals surface area contributed by atoms with E-state index in [0.717, 1.165) is 19.2 Å². The first kappa shape index (κ1) is 11.3. The van der Waals surface area contributed by atoms with Gasteiger partial charge in [-0.25, -0.2) is 0 Å². The normalized spacial score (nSPS) is 23.8. The van der Waals surface area contributed by atoms with Crippen LogP contribution in [0.1, 0.15) is 27.2 Å². The van der Waals surface area contributed by atoms with Crippen LogP contribution in [-0.2, 0) is 4.74 Å². The van der Waals surface area contributed by atoms with Gasteiger partial charge < -0.3 is 10.1 Å². The van der Waals surface area contributed by atoms with Crippen LogP contribution in [0.3, 0.4) is 0 Å². The Labute approximate surface area is 85.8 Å². The van der Waals surface area contributed by atoms with Crippen LogP contribution in [0.2, 0.25) is 0 Å². The minimum atomic E-state index is 0.00606. The molecule has 0 amide bonds. The van der Waals surface area contributed by atoms with Gasteiger partial charge in [0.15, 0.2) is 0 Å². The molecule has 1 atom stereocenters. The quantitative estimate of drug-likeness (QED) is 0.705. The molecule has 1 aliphatic heterocycles. The highest BCUT2D eigenvalue weighted by atomic mass is 32.2. The van der Waals surface area contributed by atoms with Gasteiger partial charge in [0.1, 0.15) is 0 Å². The van der Waals surface area contributed by atoms with E-state index in [1.54, 1.807) is 0 Å². The Morgan fingerprint density at radius 3 is 2.77 bits per heavy atom. The highest BCUT2D eigenvalue weighted by molar-refractivity contribution is 7.99. The van der Waals surface area contributed by atoms with Gasteiger partial charge in [-0.3, -0.25) is 0 Å². The molecule has 0 aromatic carbocycles. The summed E-state index contributed by atoms with van der Waals surface area (Å²) >= 11 is 2.04. The average molecular weight is 203 g/mol. The Kier molecular flexibility index (Phi) is 4.56. The van der Waals surface area contributed by atoms with Crippen molar-refractivity contribution in [3.05, 3.63) is 0 Å². The third kappa shape index (κ3) is 5.55. The second kappa shape index (κ2) is 5.23. The molecule has 13 heavy (non-hydrogen) atoms. The molecule has 0 radical (unpaired) electrons. The second-order valence-corrected chi connectivity index (χ2v) is 5.63. The molecule has 0 bridgehead atoms. The van der Waals surface area contributed by atoms with Crippen LogP contribution in [0.15, 0.2) is 0 Å². The van der Waals surface area contributed by atoms with E-state index in [4.69, 9.17) is 4.74 Å². The fourth-order valence-electron chi connectivity index (χ4n) is 1.32. The van der Waals surface area contributed by atoms with Gasteiger partial charge in [0, 0.05) is 18.3 Å². The summed E-state index contributed by atoms with van der Waals surface area (Å²) in [6.07, 6.45) is 1.32. The Morgan fingerprint density at radius 2 is 2.23 bits per heavy atom. The number of hydrogen-bond acceptors (Lipinski definition) is 3. The Morgan fingerprint density at radius 1 is 1.46 bits per heavy atom. The smallest absolute Gasteiger partial charge is 0.0599 e. The third-order valence-corrected chi connectivity index (χ3v) is 3.16. The van der Waals surface area contributed by atoms with E-state index in [9.17, 15) is 0 Å². The van der Waals surface area contributed by atoms with Gasteiger partial charge in [-0.1, -0.05) is 0 Å². The molecular formula is C10H21NOS. The lowest BCUT2D eigenvalue weighted by Crippen LogP contribution is -2.33. The summed E-state index contributed by atoms with van der Waals surface area (Å²) in [5, 5.41) is 3.51. The Balaban J connectivity index is 1.94. The molecule has 78 valence electrons. The number of thioether (sulfide) groups is 1. The molecule has 2 nitrogen and oxygen atoms in total. The SMILES string of the molecule is CC(C)(C)OCCNC1CCSC1. The first-order valence-electron chi connectivity index (χ1n) is 5.03. The summed E-state index contributed by atoms with van der Waals surface area (Å²) in [6, 6.07) is 0.730. The molecular weight excluding hydrogens is 182 g/mol. The summed E-state index contributed by atoms with van der Waals surface area (Å²) in [5.41, 5.74) is 0.00606. The third-order valence-electron chi connectivity index (χ3n) is 2.00. The van der Waals surface area contributed by atoms with E-state index in [1.807, 2.05) is 11.8 Å². The summed E-state index contributed by atoms with van der Waals surface area (Å²) in [5.74, 6) is 2.59. The zero-order valence-electron chi connectivity index (χ0n) is 8.93. The summed E-state index contributed by atoms with van der Waals surface area (Å²) in [4.78, 5) is 0. The first-order valence-corrected chi connectivity index (χ1v) is 6.18. The fraction of sp³-hybridized carbons (Fsp3) is 1.00. The number of hydrogen-bond donors (Lipinski definition) is 1. The van der Waals surface area contributed by atoms with Crippen molar-refractivity contribution >= 4 is 11.8 Å². The van der Waals surface area contributed by atoms with Crippen LogP contribution in [0.5, 0.6) is 0 Å². The van der Waals surface area contributed by atoms with E-state index < -0.39 is 0 Å². The van der Waals surface area contributed by atoms with Crippen molar-refractivity contribution in [3.8, 4) is 0 Å². The summed E-state index contributed by atoms with van der Waals surface area (Å²) in [6.45, 7) is 8.10. The van der Waals surface area contributed by atoms with Gasteiger partial charge in [0.05, 0.1) is 12.2 Å². The molecule has 0 aromatic rings. The molecule has 1 fully saturated rings. The lowest BCUT2D eigenvalue weighted by molar-refractivity contribution is -0.00141. The molecule has 1 rings (SSSR count). The van der Waals surface area contributed by atoms with Gasteiger partial charge in [-0.2, -0.15) is 11.8 Å². The number of ether oxygens (including phenoxy) is 1. The maximum absolute atomic E-state index is 5.62. The maximum Gasteiger partial charge on any atom is 0.0599 e. The average Bonchev–Trinajstić information content (AvgIpc) is 2.48. The topological polar surface area (TPSA) is 21.3 Å². The van der Waals surface area contributed by atoms with Crippen molar-refractivity contribution in [1.82, 2.24) is 5.32 Å². The summed E-state index contributed by atoms with van der Waals surface area (Å²) in [7, 11) is 0. The second-order valence-electron chi connectivity index (χ2n) is 4.48. The first-order chi connectivity index (χ1) is 6.08. The minimum absolute atomic E-state index is 0.00606. The number of rotatable bonds is 4. The molecule has 0 aliphatic carbocycles. The minimum Gasteiger partial charge on any atom is -0.375 e. The Bertz CT molecular complexity index is 138. The van der Waals surface area contributed by atoms with Gasteiger partial charge in [0.25, 0.3) is 0 Å². The number of nitrogens with one attached hydrogen (secondary N) is 1.